The number of halogens is 1. The van der Waals surface area contributed by atoms with Crippen LogP contribution in [0.5, 0.6) is 0 Å². The first-order valence-corrected chi connectivity index (χ1v) is 7.21. The predicted molar refractivity (Wildman–Crippen MR) is 90.7 cm³/mol. The first kappa shape index (κ1) is 15.4. The van der Waals surface area contributed by atoms with E-state index in [0.717, 1.165) is 14.8 Å². The van der Waals surface area contributed by atoms with E-state index in [1.165, 1.54) is 23.3 Å². The van der Waals surface area contributed by atoms with E-state index in [1.807, 2.05) is 31.2 Å². The molecule has 0 saturated carbocycles. The fourth-order valence-electron chi connectivity index (χ4n) is 1.80. The smallest absolute Gasteiger partial charge is 0.258 e. The zero-order valence-electron chi connectivity index (χ0n) is 11.5. The van der Waals surface area contributed by atoms with Crippen molar-refractivity contribution < 1.29 is 4.92 Å². The van der Waals surface area contributed by atoms with Gasteiger partial charge in [-0.05, 0) is 53.3 Å². The maximum atomic E-state index is 11.0. The first-order chi connectivity index (χ1) is 9.99. The topological polar surface area (TPSA) is 71.6 Å². The number of aromatic nitrogens is 1. The second kappa shape index (κ2) is 6.61. The standard InChI is InChI=1S/C14H13IN4O2/c1-10(11-5-7-12(15)8-6-11)17-18(2)14-13(19(20)21)4-3-9-16-14/h3-9H,1-2H3. The van der Waals surface area contributed by atoms with Crippen LogP contribution in [0, 0.1) is 13.7 Å². The highest BCUT2D eigenvalue weighted by Crippen LogP contribution is 2.24. The molecule has 108 valence electrons. The Morgan fingerprint density at radius 3 is 2.62 bits per heavy atom. The molecule has 1 heterocycles. The predicted octanol–water partition coefficient (Wildman–Crippen LogP) is 3.45. The summed E-state index contributed by atoms with van der Waals surface area (Å²) in [5, 5.41) is 16.8. The van der Waals surface area contributed by atoms with Crippen LogP contribution >= 0.6 is 22.6 Å². The number of hydrazone groups is 1. The molecular formula is C14H13IN4O2. The molecule has 0 spiro atoms. The minimum Gasteiger partial charge on any atom is -0.258 e. The van der Waals surface area contributed by atoms with Crippen molar-refractivity contribution in [3.05, 3.63) is 61.8 Å². The third kappa shape index (κ3) is 3.75. The van der Waals surface area contributed by atoms with E-state index in [2.05, 4.69) is 32.7 Å². The third-order valence-corrected chi connectivity index (χ3v) is 3.55. The molecular weight excluding hydrogens is 383 g/mol. The minimum absolute atomic E-state index is 0.0702. The molecule has 1 aromatic heterocycles. The van der Waals surface area contributed by atoms with Gasteiger partial charge in [0.2, 0.25) is 5.82 Å². The zero-order valence-corrected chi connectivity index (χ0v) is 13.7. The number of rotatable bonds is 4. The number of hydrogen-bond donors (Lipinski definition) is 0. The Morgan fingerprint density at radius 2 is 2.00 bits per heavy atom. The van der Waals surface area contributed by atoms with Crippen molar-refractivity contribution in [2.75, 3.05) is 12.1 Å². The van der Waals surface area contributed by atoms with Crippen molar-refractivity contribution in [2.45, 2.75) is 6.92 Å². The van der Waals surface area contributed by atoms with Crippen molar-refractivity contribution in [3.8, 4) is 0 Å². The molecule has 2 rings (SSSR count). The molecule has 0 atom stereocenters. The minimum atomic E-state index is -0.464. The van der Waals surface area contributed by atoms with Gasteiger partial charge >= 0.3 is 5.69 Å². The molecule has 0 fully saturated rings. The van der Waals surface area contributed by atoms with E-state index in [0.29, 0.717) is 0 Å². The summed E-state index contributed by atoms with van der Waals surface area (Å²) in [7, 11) is 1.64. The van der Waals surface area contributed by atoms with Gasteiger partial charge in [0, 0.05) is 22.9 Å². The summed E-state index contributed by atoms with van der Waals surface area (Å²) in [6.45, 7) is 1.85. The van der Waals surface area contributed by atoms with Gasteiger partial charge in [0.1, 0.15) is 0 Å². The number of nitro groups is 1. The second-order valence-electron chi connectivity index (χ2n) is 4.32. The lowest BCUT2D eigenvalue weighted by molar-refractivity contribution is -0.384. The van der Waals surface area contributed by atoms with Gasteiger partial charge in [-0.2, -0.15) is 5.10 Å². The molecule has 21 heavy (non-hydrogen) atoms. The average molecular weight is 396 g/mol. The van der Waals surface area contributed by atoms with Crippen molar-refractivity contribution in [2.24, 2.45) is 5.10 Å². The number of benzene rings is 1. The largest absolute Gasteiger partial charge is 0.313 e. The molecule has 0 aliphatic heterocycles. The first-order valence-electron chi connectivity index (χ1n) is 6.13. The Labute approximate surface area is 135 Å². The lowest BCUT2D eigenvalue weighted by atomic mass is 10.1. The Kier molecular flexibility index (Phi) is 4.84. The summed E-state index contributed by atoms with van der Waals surface area (Å²) in [6.07, 6.45) is 1.51. The molecule has 0 unspecified atom stereocenters. The van der Waals surface area contributed by atoms with Crippen LogP contribution in [0.15, 0.2) is 47.7 Å². The fraction of sp³-hybridized carbons (Fsp3) is 0.143. The number of hydrogen-bond acceptors (Lipinski definition) is 5. The quantitative estimate of drug-likeness (QED) is 0.344. The molecule has 0 saturated heterocycles. The van der Waals surface area contributed by atoms with E-state index < -0.39 is 4.92 Å². The Hall–Kier alpha value is -2.03. The van der Waals surface area contributed by atoms with Crippen LogP contribution in [0.2, 0.25) is 0 Å². The van der Waals surface area contributed by atoms with Gasteiger partial charge in [-0.1, -0.05) is 12.1 Å². The molecule has 0 N–H and O–H groups in total. The van der Waals surface area contributed by atoms with E-state index in [-0.39, 0.29) is 11.5 Å². The molecule has 0 aliphatic carbocycles. The van der Waals surface area contributed by atoms with Gasteiger partial charge in [-0.25, -0.2) is 9.99 Å². The molecule has 6 nitrogen and oxygen atoms in total. The van der Waals surface area contributed by atoms with Crippen LogP contribution in [0.4, 0.5) is 11.5 Å². The van der Waals surface area contributed by atoms with Gasteiger partial charge in [-0.3, -0.25) is 10.1 Å². The Morgan fingerprint density at radius 1 is 1.33 bits per heavy atom. The highest BCUT2D eigenvalue weighted by atomic mass is 127. The van der Waals surface area contributed by atoms with Gasteiger partial charge < -0.3 is 0 Å². The normalized spacial score (nSPS) is 11.3. The molecule has 0 aliphatic rings. The van der Waals surface area contributed by atoms with Crippen LogP contribution in [0.1, 0.15) is 12.5 Å². The van der Waals surface area contributed by atoms with E-state index in [9.17, 15) is 10.1 Å². The van der Waals surface area contributed by atoms with Crippen LogP contribution < -0.4 is 5.01 Å². The maximum Gasteiger partial charge on any atom is 0.313 e. The summed E-state index contributed by atoms with van der Waals surface area (Å²) >= 11 is 2.23. The third-order valence-electron chi connectivity index (χ3n) is 2.83. The lowest BCUT2D eigenvalue weighted by Crippen LogP contribution is -2.15. The van der Waals surface area contributed by atoms with E-state index >= 15 is 0 Å². The molecule has 1 aromatic carbocycles. The zero-order chi connectivity index (χ0) is 15.4. The number of nitrogens with zero attached hydrogens (tertiary/aromatic N) is 4. The van der Waals surface area contributed by atoms with Gasteiger partial charge in [0.05, 0.1) is 10.6 Å². The highest BCUT2D eigenvalue weighted by Gasteiger charge is 2.17. The van der Waals surface area contributed by atoms with Gasteiger partial charge in [-0.15, -0.1) is 0 Å². The average Bonchev–Trinajstić information content (AvgIpc) is 2.47. The van der Waals surface area contributed by atoms with Crippen LogP contribution in [0.3, 0.4) is 0 Å². The molecule has 2 aromatic rings. The van der Waals surface area contributed by atoms with Crippen LogP contribution in [-0.4, -0.2) is 22.7 Å². The summed E-state index contributed by atoms with van der Waals surface area (Å²) in [6, 6.07) is 10.8. The summed E-state index contributed by atoms with van der Waals surface area (Å²) in [5.41, 5.74) is 1.65. The summed E-state index contributed by atoms with van der Waals surface area (Å²) in [5.74, 6) is 0.215. The molecule has 7 heteroatoms. The SMILES string of the molecule is CC(=NN(C)c1ncccc1[N+](=O)[O-])c1ccc(I)cc1. The Bertz CT molecular complexity index is 686. The number of anilines is 1. The van der Waals surface area contributed by atoms with Crippen molar-refractivity contribution in [1.29, 1.82) is 0 Å². The lowest BCUT2D eigenvalue weighted by Gasteiger charge is -2.13. The summed E-state index contributed by atoms with van der Waals surface area (Å²) in [4.78, 5) is 14.6. The highest BCUT2D eigenvalue weighted by molar-refractivity contribution is 14.1. The van der Waals surface area contributed by atoms with Crippen LogP contribution in [0.25, 0.3) is 0 Å². The van der Waals surface area contributed by atoms with E-state index in [4.69, 9.17) is 0 Å². The Balaban J connectivity index is 2.32. The van der Waals surface area contributed by atoms with Gasteiger partial charge in [0.15, 0.2) is 0 Å². The van der Waals surface area contributed by atoms with Crippen LogP contribution in [-0.2, 0) is 0 Å². The summed E-state index contributed by atoms with van der Waals surface area (Å²) < 4.78 is 1.14. The maximum absolute atomic E-state index is 11.0. The monoisotopic (exact) mass is 396 g/mol. The fourth-order valence-corrected chi connectivity index (χ4v) is 2.16. The van der Waals surface area contributed by atoms with E-state index in [1.54, 1.807) is 7.05 Å². The van der Waals surface area contributed by atoms with Crippen molar-refractivity contribution in [3.63, 3.8) is 0 Å². The molecule has 0 radical (unpaired) electrons. The number of pyridine rings is 1. The molecule has 0 bridgehead atoms. The molecule has 0 amide bonds. The van der Waals surface area contributed by atoms with Gasteiger partial charge in [0.25, 0.3) is 0 Å². The second-order valence-corrected chi connectivity index (χ2v) is 5.56. The van der Waals surface area contributed by atoms with Crippen molar-refractivity contribution in [1.82, 2.24) is 4.98 Å². The van der Waals surface area contributed by atoms with Crippen molar-refractivity contribution >= 4 is 39.8 Å².